The average molecular weight is 340 g/mol. The van der Waals surface area contributed by atoms with Gasteiger partial charge in [-0.2, -0.15) is 0 Å². The minimum absolute atomic E-state index is 0.0601. The summed E-state index contributed by atoms with van der Waals surface area (Å²) in [6.07, 6.45) is 0. The van der Waals surface area contributed by atoms with Crippen molar-refractivity contribution in [2.45, 2.75) is 13.5 Å². The molecule has 0 fully saturated rings. The SMILES string of the molecule is CC(CN(C)CC(=O)N(Cc1ccccc1)c1ccccc1)C(=O)O. The second-order valence-electron chi connectivity index (χ2n) is 6.24. The number of carbonyl (C=O) groups is 2. The van der Waals surface area contributed by atoms with Crippen LogP contribution in [0.4, 0.5) is 5.69 Å². The Morgan fingerprint density at radius 3 is 2.12 bits per heavy atom. The molecule has 1 unspecified atom stereocenters. The van der Waals surface area contributed by atoms with Crippen LogP contribution in [0.25, 0.3) is 0 Å². The van der Waals surface area contributed by atoms with E-state index in [1.165, 1.54) is 0 Å². The molecule has 2 aromatic rings. The summed E-state index contributed by atoms with van der Waals surface area (Å²) in [6, 6.07) is 19.3. The van der Waals surface area contributed by atoms with Gasteiger partial charge in [0.25, 0.3) is 0 Å². The van der Waals surface area contributed by atoms with E-state index in [2.05, 4.69) is 0 Å². The maximum atomic E-state index is 12.8. The molecule has 2 aromatic carbocycles. The molecule has 0 aliphatic carbocycles. The molecule has 0 spiro atoms. The number of aliphatic carboxylic acids is 1. The minimum atomic E-state index is -0.858. The van der Waals surface area contributed by atoms with E-state index < -0.39 is 11.9 Å². The second-order valence-corrected chi connectivity index (χ2v) is 6.24. The van der Waals surface area contributed by atoms with Crippen molar-refractivity contribution in [3.05, 3.63) is 66.2 Å². The van der Waals surface area contributed by atoms with E-state index in [1.807, 2.05) is 60.7 Å². The highest BCUT2D eigenvalue weighted by molar-refractivity contribution is 5.94. The van der Waals surface area contributed by atoms with Gasteiger partial charge in [-0.25, -0.2) is 0 Å². The normalized spacial score (nSPS) is 12.0. The van der Waals surface area contributed by atoms with Crippen LogP contribution < -0.4 is 4.90 Å². The highest BCUT2D eigenvalue weighted by Gasteiger charge is 2.20. The Hall–Kier alpha value is -2.66. The molecule has 0 heterocycles. The highest BCUT2D eigenvalue weighted by Crippen LogP contribution is 2.17. The Kier molecular flexibility index (Phi) is 6.71. The molecule has 25 heavy (non-hydrogen) atoms. The van der Waals surface area contributed by atoms with Gasteiger partial charge in [-0.3, -0.25) is 14.5 Å². The van der Waals surface area contributed by atoms with Crippen molar-refractivity contribution in [1.82, 2.24) is 4.90 Å². The molecule has 0 radical (unpaired) electrons. The molecule has 1 amide bonds. The molecule has 0 bridgehead atoms. The number of nitrogens with zero attached hydrogens (tertiary/aromatic N) is 2. The van der Waals surface area contributed by atoms with Crippen LogP contribution in [0.1, 0.15) is 12.5 Å². The molecule has 1 N–H and O–H groups in total. The van der Waals surface area contributed by atoms with E-state index in [0.29, 0.717) is 13.1 Å². The van der Waals surface area contributed by atoms with Crippen molar-refractivity contribution in [3.63, 3.8) is 0 Å². The van der Waals surface area contributed by atoms with Gasteiger partial charge in [-0.05, 0) is 24.7 Å². The number of para-hydroxylation sites is 1. The van der Waals surface area contributed by atoms with Gasteiger partial charge in [0.05, 0.1) is 19.0 Å². The number of rotatable bonds is 8. The second kappa shape index (κ2) is 8.99. The molecule has 0 aliphatic rings. The minimum Gasteiger partial charge on any atom is -0.481 e. The lowest BCUT2D eigenvalue weighted by Gasteiger charge is -2.26. The Bertz CT molecular complexity index is 689. The van der Waals surface area contributed by atoms with Crippen molar-refractivity contribution < 1.29 is 14.7 Å². The fraction of sp³-hybridized carbons (Fsp3) is 0.300. The van der Waals surface area contributed by atoms with Crippen LogP contribution in [0.15, 0.2) is 60.7 Å². The van der Waals surface area contributed by atoms with Crippen LogP contribution in [0.3, 0.4) is 0 Å². The maximum absolute atomic E-state index is 12.8. The largest absolute Gasteiger partial charge is 0.481 e. The Labute approximate surface area is 148 Å². The monoisotopic (exact) mass is 340 g/mol. The standard InChI is InChI=1S/C20H24N2O3/c1-16(20(24)25)13-21(2)15-19(23)22(18-11-7-4-8-12-18)14-17-9-5-3-6-10-17/h3-12,16H,13-15H2,1-2H3,(H,24,25). The van der Waals surface area contributed by atoms with Crippen LogP contribution in [-0.2, 0) is 16.1 Å². The lowest BCUT2D eigenvalue weighted by atomic mass is 10.1. The zero-order chi connectivity index (χ0) is 18.2. The number of amides is 1. The van der Waals surface area contributed by atoms with E-state index >= 15 is 0 Å². The Balaban J connectivity index is 2.12. The first-order valence-electron chi connectivity index (χ1n) is 8.28. The number of carbonyl (C=O) groups excluding carboxylic acids is 1. The van der Waals surface area contributed by atoms with Gasteiger partial charge in [-0.15, -0.1) is 0 Å². The summed E-state index contributed by atoms with van der Waals surface area (Å²) < 4.78 is 0. The van der Waals surface area contributed by atoms with Gasteiger partial charge in [0.15, 0.2) is 0 Å². The van der Waals surface area contributed by atoms with Gasteiger partial charge in [0.1, 0.15) is 0 Å². The van der Waals surface area contributed by atoms with Crippen molar-refractivity contribution >= 4 is 17.6 Å². The van der Waals surface area contributed by atoms with Gasteiger partial charge in [0.2, 0.25) is 5.91 Å². The van der Waals surface area contributed by atoms with E-state index in [9.17, 15) is 9.59 Å². The predicted molar refractivity (Wildman–Crippen MR) is 98.4 cm³/mol. The van der Waals surface area contributed by atoms with Gasteiger partial charge >= 0.3 is 5.97 Å². The molecular formula is C20H24N2O3. The zero-order valence-corrected chi connectivity index (χ0v) is 14.6. The maximum Gasteiger partial charge on any atom is 0.307 e. The number of benzene rings is 2. The van der Waals surface area contributed by atoms with Gasteiger partial charge in [0, 0.05) is 12.2 Å². The number of carboxylic acids is 1. The Morgan fingerprint density at radius 2 is 1.56 bits per heavy atom. The first-order chi connectivity index (χ1) is 12.0. The average Bonchev–Trinajstić information content (AvgIpc) is 2.61. The molecule has 0 saturated heterocycles. The van der Waals surface area contributed by atoms with Crippen molar-refractivity contribution in [2.75, 3.05) is 25.0 Å². The Morgan fingerprint density at radius 1 is 1.00 bits per heavy atom. The smallest absolute Gasteiger partial charge is 0.307 e. The topological polar surface area (TPSA) is 60.9 Å². The van der Waals surface area contributed by atoms with Crippen LogP contribution in [0.2, 0.25) is 0 Å². The summed E-state index contributed by atoms with van der Waals surface area (Å²) in [6.45, 7) is 2.61. The van der Waals surface area contributed by atoms with Gasteiger partial charge in [-0.1, -0.05) is 55.5 Å². The fourth-order valence-electron chi connectivity index (χ4n) is 2.62. The number of likely N-dealkylation sites (N-methyl/N-ethyl adjacent to an activating group) is 1. The molecule has 0 aromatic heterocycles. The van der Waals surface area contributed by atoms with Crippen molar-refractivity contribution in [1.29, 1.82) is 0 Å². The third-order valence-corrected chi connectivity index (χ3v) is 3.96. The van der Waals surface area contributed by atoms with Crippen molar-refractivity contribution in [3.8, 4) is 0 Å². The van der Waals surface area contributed by atoms with Crippen LogP contribution in [0, 0.1) is 5.92 Å². The third kappa shape index (κ3) is 5.72. The molecule has 0 saturated carbocycles. The third-order valence-electron chi connectivity index (χ3n) is 3.96. The summed E-state index contributed by atoms with van der Waals surface area (Å²) in [4.78, 5) is 27.3. The molecule has 5 heteroatoms. The molecule has 132 valence electrons. The molecule has 5 nitrogen and oxygen atoms in total. The van der Waals surface area contributed by atoms with Crippen LogP contribution in [-0.4, -0.2) is 42.0 Å². The summed E-state index contributed by atoms with van der Waals surface area (Å²) in [5, 5.41) is 9.03. The number of carboxylic acid groups (broad SMARTS) is 1. The zero-order valence-electron chi connectivity index (χ0n) is 14.6. The molecular weight excluding hydrogens is 316 g/mol. The van der Waals surface area contributed by atoms with Crippen LogP contribution in [0.5, 0.6) is 0 Å². The highest BCUT2D eigenvalue weighted by atomic mass is 16.4. The predicted octanol–water partition coefficient (Wildman–Crippen LogP) is 2.87. The summed E-state index contributed by atoms with van der Waals surface area (Å²) in [7, 11) is 1.77. The first kappa shape index (κ1) is 18.7. The number of hydrogen-bond donors (Lipinski definition) is 1. The molecule has 0 aliphatic heterocycles. The summed E-state index contributed by atoms with van der Waals surface area (Å²) in [5.74, 6) is -1.43. The van der Waals surface area contributed by atoms with E-state index in [0.717, 1.165) is 11.3 Å². The number of anilines is 1. The number of hydrogen-bond acceptors (Lipinski definition) is 3. The fourth-order valence-corrected chi connectivity index (χ4v) is 2.62. The summed E-state index contributed by atoms with van der Waals surface area (Å²) >= 11 is 0. The first-order valence-corrected chi connectivity index (χ1v) is 8.28. The molecule has 1 atom stereocenters. The lowest BCUT2D eigenvalue weighted by Crippen LogP contribution is -2.40. The van der Waals surface area contributed by atoms with Gasteiger partial charge < -0.3 is 10.0 Å². The van der Waals surface area contributed by atoms with Crippen molar-refractivity contribution in [2.24, 2.45) is 5.92 Å². The van der Waals surface area contributed by atoms with E-state index in [-0.39, 0.29) is 12.5 Å². The molecule has 2 rings (SSSR count). The van der Waals surface area contributed by atoms with E-state index in [1.54, 1.807) is 23.8 Å². The van der Waals surface area contributed by atoms with Crippen LogP contribution >= 0.6 is 0 Å². The summed E-state index contributed by atoms with van der Waals surface area (Å²) in [5.41, 5.74) is 1.87. The quantitative estimate of drug-likeness (QED) is 0.803. The van der Waals surface area contributed by atoms with E-state index in [4.69, 9.17) is 5.11 Å². The lowest BCUT2D eigenvalue weighted by molar-refractivity contribution is -0.142.